The lowest BCUT2D eigenvalue weighted by atomic mass is 10.0. The number of carbonyl (C=O) groups is 2. The average Bonchev–Trinajstić information content (AvgIpc) is 3.44. The lowest BCUT2D eigenvalue weighted by Crippen LogP contribution is -2.38. The molecule has 7 nitrogen and oxygen atoms in total. The second-order valence-corrected chi connectivity index (χ2v) is 7.99. The summed E-state index contributed by atoms with van der Waals surface area (Å²) in [4.78, 5) is 29.4. The highest BCUT2D eigenvalue weighted by Gasteiger charge is 2.28. The molecule has 1 heterocycles. The van der Waals surface area contributed by atoms with Crippen LogP contribution in [0.15, 0.2) is 47.5 Å². The van der Waals surface area contributed by atoms with E-state index in [0.29, 0.717) is 29.5 Å². The molecular weight excluding hydrogens is 378 g/mol. The third-order valence-corrected chi connectivity index (χ3v) is 5.10. The Balaban J connectivity index is 1.58. The molecule has 0 saturated heterocycles. The molecule has 4 N–H and O–H groups in total. The van der Waals surface area contributed by atoms with Crippen molar-refractivity contribution in [3.8, 4) is 0 Å². The van der Waals surface area contributed by atoms with Crippen LogP contribution in [0, 0.1) is 0 Å². The van der Waals surface area contributed by atoms with Crippen LogP contribution in [0.25, 0.3) is 0 Å². The number of benzene rings is 2. The molecule has 2 aromatic carbocycles. The number of anilines is 2. The van der Waals surface area contributed by atoms with Gasteiger partial charge in [0.05, 0.1) is 17.8 Å². The van der Waals surface area contributed by atoms with E-state index in [4.69, 9.17) is 0 Å². The number of rotatable bonds is 6. The van der Waals surface area contributed by atoms with E-state index in [0.717, 1.165) is 36.3 Å². The maximum Gasteiger partial charge on any atom is 0.257 e. The lowest BCUT2D eigenvalue weighted by Gasteiger charge is -2.17. The molecule has 30 heavy (non-hydrogen) atoms. The fourth-order valence-electron chi connectivity index (χ4n) is 3.49. The molecular formula is C23H27N5O2. The molecule has 1 aliphatic carbocycles. The number of nitrogens with zero attached hydrogens (tertiary/aromatic N) is 1. The molecule has 2 aliphatic rings. The quantitative estimate of drug-likeness (QED) is 0.594. The van der Waals surface area contributed by atoms with E-state index in [1.807, 2.05) is 50.2 Å². The maximum atomic E-state index is 12.6. The van der Waals surface area contributed by atoms with E-state index in [2.05, 4.69) is 26.3 Å². The Hall–Kier alpha value is -3.35. The van der Waals surface area contributed by atoms with Crippen LogP contribution in [-0.4, -0.2) is 36.9 Å². The molecule has 0 radical (unpaired) electrons. The van der Waals surface area contributed by atoms with Crippen LogP contribution in [-0.2, 0) is 0 Å². The predicted molar refractivity (Wildman–Crippen MR) is 119 cm³/mol. The zero-order chi connectivity index (χ0) is 21.1. The van der Waals surface area contributed by atoms with Crippen LogP contribution < -0.4 is 21.3 Å². The zero-order valence-corrected chi connectivity index (χ0v) is 17.3. The molecule has 7 heteroatoms. The molecule has 0 aromatic heterocycles. The van der Waals surface area contributed by atoms with Gasteiger partial charge in [0.25, 0.3) is 11.8 Å². The zero-order valence-electron chi connectivity index (χ0n) is 17.3. The third kappa shape index (κ3) is 4.62. The second-order valence-electron chi connectivity index (χ2n) is 7.99. The monoisotopic (exact) mass is 405 g/mol. The Morgan fingerprint density at radius 1 is 1.07 bits per heavy atom. The Labute approximate surface area is 176 Å². The summed E-state index contributed by atoms with van der Waals surface area (Å²) in [6.45, 7) is 5.30. The van der Waals surface area contributed by atoms with Gasteiger partial charge in [0, 0.05) is 23.8 Å². The lowest BCUT2D eigenvalue weighted by molar-refractivity contribution is 0.0942. The number of amides is 2. The van der Waals surface area contributed by atoms with Crippen molar-refractivity contribution in [1.82, 2.24) is 16.0 Å². The van der Waals surface area contributed by atoms with Gasteiger partial charge in [0.1, 0.15) is 0 Å². The summed E-state index contributed by atoms with van der Waals surface area (Å²) in [5, 5.41) is 12.2. The van der Waals surface area contributed by atoms with Crippen LogP contribution >= 0.6 is 0 Å². The first-order valence-electron chi connectivity index (χ1n) is 10.4. The van der Waals surface area contributed by atoms with Crippen LogP contribution in [0.3, 0.4) is 0 Å². The molecule has 1 saturated carbocycles. The number of hydrogen-bond acceptors (Lipinski definition) is 5. The van der Waals surface area contributed by atoms with Gasteiger partial charge in [-0.15, -0.1) is 0 Å². The standard InChI is InChI=1S/C23H27N5O2/c1-14(2)26-22(30)17-5-3-4-6-19(17)27-20-10-9-16(13-18(20)15-7-8-15)21(29)28-23-24-11-12-25-23/h3-6,9-10,13-15,27H,7-8,11-12H2,1-2H3,(H,26,30)(H2,24,25,28,29). The minimum Gasteiger partial charge on any atom is -0.355 e. The van der Waals surface area contributed by atoms with Crippen molar-refractivity contribution in [2.75, 3.05) is 18.4 Å². The molecule has 2 amide bonds. The smallest absolute Gasteiger partial charge is 0.257 e. The molecule has 0 spiro atoms. The van der Waals surface area contributed by atoms with Gasteiger partial charge in [-0.05, 0) is 68.5 Å². The molecule has 1 aliphatic heterocycles. The topological polar surface area (TPSA) is 94.6 Å². The van der Waals surface area contributed by atoms with Crippen molar-refractivity contribution in [2.45, 2.75) is 38.6 Å². The summed E-state index contributed by atoms with van der Waals surface area (Å²) in [7, 11) is 0. The molecule has 0 unspecified atom stereocenters. The number of guanidine groups is 1. The van der Waals surface area contributed by atoms with E-state index >= 15 is 0 Å². The summed E-state index contributed by atoms with van der Waals surface area (Å²) >= 11 is 0. The van der Waals surface area contributed by atoms with E-state index in [1.54, 1.807) is 6.07 Å². The molecule has 2 aromatic rings. The molecule has 156 valence electrons. The van der Waals surface area contributed by atoms with Gasteiger partial charge in [-0.25, -0.2) is 0 Å². The largest absolute Gasteiger partial charge is 0.355 e. The fraction of sp³-hybridized carbons (Fsp3) is 0.348. The Morgan fingerprint density at radius 2 is 1.87 bits per heavy atom. The summed E-state index contributed by atoms with van der Waals surface area (Å²) in [5.74, 6) is 0.675. The summed E-state index contributed by atoms with van der Waals surface area (Å²) in [6.07, 6.45) is 2.20. The van der Waals surface area contributed by atoms with Crippen molar-refractivity contribution in [2.24, 2.45) is 4.99 Å². The van der Waals surface area contributed by atoms with E-state index in [-0.39, 0.29) is 17.9 Å². The minimum atomic E-state index is -0.173. The predicted octanol–water partition coefficient (Wildman–Crippen LogP) is 3.13. The first-order chi connectivity index (χ1) is 14.5. The summed E-state index contributed by atoms with van der Waals surface area (Å²) < 4.78 is 0. The normalized spacial score (nSPS) is 15.4. The molecule has 4 rings (SSSR count). The molecule has 0 bridgehead atoms. The average molecular weight is 406 g/mol. The number of nitrogens with one attached hydrogen (secondary N) is 4. The number of aliphatic imine (C=N–C) groups is 1. The van der Waals surface area contributed by atoms with Crippen LogP contribution in [0.4, 0.5) is 11.4 Å². The van der Waals surface area contributed by atoms with Gasteiger partial charge < -0.3 is 16.0 Å². The fourth-order valence-corrected chi connectivity index (χ4v) is 3.49. The van der Waals surface area contributed by atoms with Gasteiger partial charge in [0.2, 0.25) is 0 Å². The van der Waals surface area contributed by atoms with Crippen LogP contribution in [0.1, 0.15) is 58.9 Å². The first kappa shape index (κ1) is 19.9. The summed E-state index contributed by atoms with van der Waals surface area (Å²) in [5.41, 5.74) is 3.97. The Bertz CT molecular complexity index is 995. The van der Waals surface area contributed by atoms with Gasteiger partial charge in [-0.2, -0.15) is 0 Å². The number of para-hydroxylation sites is 1. The van der Waals surface area contributed by atoms with Gasteiger partial charge in [-0.3, -0.25) is 19.9 Å². The van der Waals surface area contributed by atoms with Crippen molar-refractivity contribution in [1.29, 1.82) is 0 Å². The maximum absolute atomic E-state index is 12.6. The van der Waals surface area contributed by atoms with E-state index in [1.165, 1.54) is 0 Å². The van der Waals surface area contributed by atoms with E-state index < -0.39 is 0 Å². The van der Waals surface area contributed by atoms with Crippen molar-refractivity contribution in [3.63, 3.8) is 0 Å². The van der Waals surface area contributed by atoms with Crippen LogP contribution in [0.5, 0.6) is 0 Å². The molecule has 0 atom stereocenters. The summed E-state index contributed by atoms with van der Waals surface area (Å²) in [6, 6.07) is 13.2. The third-order valence-electron chi connectivity index (χ3n) is 5.10. The SMILES string of the molecule is CC(C)NC(=O)c1ccccc1Nc1ccc(C(=O)NC2=NCCN2)cc1C1CC1. The van der Waals surface area contributed by atoms with Gasteiger partial charge >= 0.3 is 0 Å². The van der Waals surface area contributed by atoms with Crippen molar-refractivity contribution in [3.05, 3.63) is 59.2 Å². The van der Waals surface area contributed by atoms with Crippen LogP contribution in [0.2, 0.25) is 0 Å². The van der Waals surface area contributed by atoms with Gasteiger partial charge in [0.15, 0.2) is 5.96 Å². The molecule has 1 fully saturated rings. The Kier molecular flexibility index (Phi) is 5.70. The van der Waals surface area contributed by atoms with Gasteiger partial charge in [-0.1, -0.05) is 12.1 Å². The van der Waals surface area contributed by atoms with Crippen molar-refractivity contribution >= 4 is 29.1 Å². The van der Waals surface area contributed by atoms with E-state index in [9.17, 15) is 9.59 Å². The number of hydrogen-bond donors (Lipinski definition) is 4. The van der Waals surface area contributed by atoms with Crippen molar-refractivity contribution < 1.29 is 9.59 Å². The highest BCUT2D eigenvalue weighted by molar-refractivity contribution is 6.06. The Morgan fingerprint density at radius 3 is 2.57 bits per heavy atom. The first-order valence-corrected chi connectivity index (χ1v) is 10.4. The highest BCUT2D eigenvalue weighted by atomic mass is 16.2. The highest BCUT2D eigenvalue weighted by Crippen LogP contribution is 2.44. The number of carbonyl (C=O) groups excluding carboxylic acids is 2. The second kappa shape index (κ2) is 8.57. The minimum absolute atomic E-state index is 0.0596.